The van der Waals surface area contributed by atoms with Crippen molar-refractivity contribution in [3.05, 3.63) is 0 Å². The van der Waals surface area contributed by atoms with Gasteiger partial charge in [-0.25, -0.2) is 0 Å². The summed E-state index contributed by atoms with van der Waals surface area (Å²) in [6.07, 6.45) is 0. The minimum atomic E-state index is 0.769. The topological polar surface area (TPSA) is 9.23 Å². The van der Waals surface area contributed by atoms with E-state index in [0.29, 0.717) is 0 Å². The lowest BCUT2D eigenvalue weighted by molar-refractivity contribution is 0.405. The molecule has 0 bridgehead atoms. The molecule has 0 spiro atoms. The highest BCUT2D eigenvalue weighted by molar-refractivity contribution is 9.09. The fourth-order valence-electron chi connectivity index (χ4n) is 0.0445. The molecule has 0 saturated heterocycles. The largest absolute Gasteiger partial charge is 0.365 e. The van der Waals surface area contributed by atoms with Crippen LogP contribution >= 0.6 is 25.4 Å². The van der Waals surface area contributed by atoms with E-state index in [-0.39, 0.29) is 0 Å². The molecule has 1 atom stereocenters. The second-order valence-corrected chi connectivity index (χ2v) is 1.69. The molecule has 0 radical (unpaired) electrons. The van der Waals surface area contributed by atoms with E-state index in [4.69, 9.17) is 0 Å². The molecule has 5 heavy (non-hydrogen) atoms. The minimum absolute atomic E-state index is 0.769. The van der Waals surface area contributed by atoms with Crippen LogP contribution in [0.15, 0.2) is 0 Å². The van der Waals surface area contributed by atoms with Gasteiger partial charge in [-0.2, -0.15) is 0 Å². The van der Waals surface area contributed by atoms with Crippen molar-refractivity contribution in [2.24, 2.45) is 0 Å². The van der Waals surface area contributed by atoms with Crippen molar-refractivity contribution in [2.75, 3.05) is 11.9 Å². The van der Waals surface area contributed by atoms with Crippen LogP contribution in [0.4, 0.5) is 0 Å². The van der Waals surface area contributed by atoms with Crippen LogP contribution in [0.25, 0.3) is 0 Å². The van der Waals surface area contributed by atoms with E-state index < -0.39 is 0 Å². The molecule has 0 saturated carbocycles. The molecule has 0 aliphatic carbocycles. The molecule has 0 aromatic rings. The molecular weight excluding hydrogens is 151 g/mol. The zero-order valence-electron chi connectivity index (χ0n) is 2.78. The number of hydrogen-bond donors (Lipinski definition) is 0. The van der Waals surface area contributed by atoms with Gasteiger partial charge in [-0.3, -0.25) is 0 Å². The van der Waals surface area contributed by atoms with Gasteiger partial charge in [0.25, 0.3) is 0 Å². The average molecular weight is 157 g/mol. The summed E-state index contributed by atoms with van der Waals surface area (Å²) in [6, 6.07) is 0. The Balaban J connectivity index is 2.19. The van der Waals surface area contributed by atoms with Gasteiger partial charge < -0.3 is 4.52 Å². The second kappa shape index (κ2) is 4.87. The molecule has 0 aliphatic rings. The van der Waals surface area contributed by atoms with Crippen molar-refractivity contribution < 1.29 is 4.52 Å². The highest BCUT2D eigenvalue weighted by Gasteiger charge is 1.68. The summed E-state index contributed by atoms with van der Waals surface area (Å²) < 4.78 is 4.56. The Bertz CT molecular complexity index is 17.1. The molecule has 0 heterocycles. The van der Waals surface area contributed by atoms with E-state index in [1.54, 1.807) is 0 Å². The Hall–Kier alpha value is 0.870. The summed E-state index contributed by atoms with van der Waals surface area (Å²) in [4.78, 5) is 0. The first-order valence-electron chi connectivity index (χ1n) is 1.29. The van der Waals surface area contributed by atoms with Crippen LogP contribution in [-0.2, 0) is 4.52 Å². The number of alkyl halides is 1. The van der Waals surface area contributed by atoms with Crippen molar-refractivity contribution in [2.45, 2.75) is 0 Å². The van der Waals surface area contributed by atoms with Gasteiger partial charge in [0.2, 0.25) is 0 Å². The molecule has 0 aromatic heterocycles. The number of halogens is 1. The maximum atomic E-state index is 4.56. The lowest BCUT2D eigenvalue weighted by Gasteiger charge is -1.82. The quantitative estimate of drug-likeness (QED) is 0.432. The molecule has 32 valence electrons. The number of rotatable bonds is 2. The third-order valence-electron chi connectivity index (χ3n) is 0.195. The maximum absolute atomic E-state index is 4.56. The van der Waals surface area contributed by atoms with E-state index >= 15 is 0 Å². The van der Waals surface area contributed by atoms with Gasteiger partial charge >= 0.3 is 0 Å². The van der Waals surface area contributed by atoms with E-state index in [2.05, 4.69) is 29.9 Å². The van der Waals surface area contributed by atoms with Crippen LogP contribution in [0.2, 0.25) is 0 Å². The van der Waals surface area contributed by atoms with Crippen molar-refractivity contribution in [1.82, 2.24) is 0 Å². The van der Waals surface area contributed by atoms with Crippen molar-refractivity contribution >= 4 is 25.4 Å². The van der Waals surface area contributed by atoms with Crippen LogP contribution < -0.4 is 0 Å². The predicted molar refractivity (Wildman–Crippen MR) is 29.5 cm³/mol. The summed E-state index contributed by atoms with van der Waals surface area (Å²) in [6.45, 7) is 0.769. The van der Waals surface area contributed by atoms with Gasteiger partial charge in [0.15, 0.2) is 0 Å². The van der Waals surface area contributed by atoms with Crippen LogP contribution in [0, 0.1) is 0 Å². The Morgan fingerprint density at radius 1 is 1.80 bits per heavy atom. The summed E-state index contributed by atoms with van der Waals surface area (Å²) >= 11 is 3.17. The normalized spacial score (nSPS) is 8.40. The third kappa shape index (κ3) is 4.87. The van der Waals surface area contributed by atoms with Crippen LogP contribution in [0.3, 0.4) is 0 Å². The molecule has 1 nitrogen and oxygen atoms in total. The first-order chi connectivity index (χ1) is 2.41. The number of hydrogen-bond acceptors (Lipinski definition) is 1. The van der Waals surface area contributed by atoms with Crippen molar-refractivity contribution in [3.63, 3.8) is 0 Å². The summed E-state index contributed by atoms with van der Waals surface area (Å²) in [7, 11) is 2.17. The molecule has 3 heteroatoms. The zero-order chi connectivity index (χ0) is 4.12. The van der Waals surface area contributed by atoms with Crippen molar-refractivity contribution in [3.8, 4) is 0 Å². The zero-order valence-corrected chi connectivity index (χ0v) is 5.52. The molecule has 0 amide bonds. The fourth-order valence-corrected chi connectivity index (χ4v) is 0.694. The fraction of sp³-hybridized carbons (Fsp3) is 1.00. The highest BCUT2D eigenvalue weighted by Crippen LogP contribution is 1.85. The lowest BCUT2D eigenvalue weighted by atomic mass is 10.9. The van der Waals surface area contributed by atoms with E-state index in [1.807, 2.05) is 0 Å². The summed E-state index contributed by atoms with van der Waals surface area (Å²) in [5, 5.41) is 0.913. The van der Waals surface area contributed by atoms with E-state index in [1.165, 1.54) is 0 Å². The van der Waals surface area contributed by atoms with Crippen LogP contribution in [-0.4, -0.2) is 11.9 Å². The average Bonchev–Trinajstić information content (AvgIpc) is 1.41. The summed E-state index contributed by atoms with van der Waals surface area (Å²) in [5.74, 6) is 0. The van der Waals surface area contributed by atoms with Crippen molar-refractivity contribution in [1.29, 1.82) is 0 Å². The molecule has 0 fully saturated rings. The van der Waals surface area contributed by atoms with Crippen LogP contribution in [0.5, 0.6) is 0 Å². The van der Waals surface area contributed by atoms with Gasteiger partial charge in [0.05, 0.1) is 6.61 Å². The molecule has 0 aromatic carbocycles. The Kier molecular flexibility index (Phi) is 5.72. The molecule has 0 N–H and O–H groups in total. The van der Waals surface area contributed by atoms with Gasteiger partial charge in [-0.15, -0.1) is 0 Å². The van der Waals surface area contributed by atoms with E-state index in [9.17, 15) is 0 Å². The minimum Gasteiger partial charge on any atom is -0.365 e. The van der Waals surface area contributed by atoms with Gasteiger partial charge in [0.1, 0.15) is 0 Å². The Morgan fingerprint density at radius 2 is 2.40 bits per heavy atom. The Morgan fingerprint density at radius 3 is 2.40 bits per heavy atom. The van der Waals surface area contributed by atoms with E-state index in [0.717, 1.165) is 11.9 Å². The third-order valence-corrected chi connectivity index (χ3v) is 0.754. The standard InChI is InChI=1S/C2H6BrOP/c3-1-2-4-5/h1-2,5H2. The first-order valence-corrected chi connectivity index (χ1v) is 2.88. The lowest BCUT2D eigenvalue weighted by Crippen LogP contribution is -1.78. The highest BCUT2D eigenvalue weighted by atomic mass is 79.9. The molecule has 0 rings (SSSR count). The van der Waals surface area contributed by atoms with Crippen LogP contribution in [0.1, 0.15) is 0 Å². The molecule has 0 aliphatic heterocycles. The SMILES string of the molecule is POCCBr. The van der Waals surface area contributed by atoms with Gasteiger partial charge in [-0.05, 0) is 0 Å². The maximum Gasteiger partial charge on any atom is 0.0598 e. The smallest absolute Gasteiger partial charge is 0.0598 e. The predicted octanol–water partition coefficient (Wildman–Crippen LogP) is 1.19. The monoisotopic (exact) mass is 156 g/mol. The summed E-state index contributed by atoms with van der Waals surface area (Å²) in [5.41, 5.74) is 0. The molecule has 1 unspecified atom stereocenters. The molecular formula is C2H6BrOP. The second-order valence-electron chi connectivity index (χ2n) is 0.560. The van der Waals surface area contributed by atoms with Gasteiger partial charge in [-0.1, -0.05) is 15.9 Å². The Labute approximate surface area is 42.5 Å². The first kappa shape index (κ1) is 5.87. The van der Waals surface area contributed by atoms with Gasteiger partial charge in [0, 0.05) is 14.8 Å².